The van der Waals surface area contributed by atoms with Gasteiger partial charge in [0.2, 0.25) is 5.91 Å². The van der Waals surface area contributed by atoms with Crippen LogP contribution in [0.5, 0.6) is 0 Å². The third-order valence-electron chi connectivity index (χ3n) is 5.96. The molecule has 0 bridgehead atoms. The van der Waals surface area contributed by atoms with Crippen molar-refractivity contribution >= 4 is 40.5 Å². The molecule has 0 saturated carbocycles. The summed E-state index contributed by atoms with van der Waals surface area (Å²) in [7, 11) is 0. The molecule has 5 nitrogen and oxygen atoms in total. The van der Waals surface area contributed by atoms with Gasteiger partial charge in [0.25, 0.3) is 0 Å². The third kappa shape index (κ3) is 4.76. The minimum Gasteiger partial charge on any atom is -0.379 e. The van der Waals surface area contributed by atoms with Gasteiger partial charge in [-0.15, -0.1) is 0 Å². The molecule has 3 aromatic rings. The van der Waals surface area contributed by atoms with Gasteiger partial charge in [-0.3, -0.25) is 4.79 Å². The Morgan fingerprint density at radius 3 is 2.62 bits per heavy atom. The number of amides is 1. The van der Waals surface area contributed by atoms with Crippen molar-refractivity contribution in [1.29, 1.82) is 0 Å². The molecule has 0 radical (unpaired) electrons. The fourth-order valence-corrected chi connectivity index (χ4v) is 4.98. The summed E-state index contributed by atoms with van der Waals surface area (Å²) < 4.78 is 14.2. The fraction of sp³-hybridized carbons (Fsp3) is 0.333. The first kappa shape index (κ1) is 22.6. The molecule has 2 N–H and O–H groups in total. The molecule has 2 aromatic carbocycles. The number of piperidine rings is 1. The number of nitrogens with zero attached hydrogens (tertiary/aromatic N) is 2. The van der Waals surface area contributed by atoms with Crippen molar-refractivity contribution in [2.45, 2.75) is 33.2 Å². The standard InChI is InChI=1S/C24H25Cl2FN4O/c1-14-7-16(8-17-5-3-4-6-21(17)27)12-31(24(14)32)23-19(25)9-18(10-20(23)26)28-11-22-15(2)29-13-30-22/h3-6,9-10,13-14,16,28H,7-8,11-12H2,1-2H3,(H,29,30)/t14-,16-/m1/s1. The van der Waals surface area contributed by atoms with E-state index in [0.717, 1.165) is 17.1 Å². The summed E-state index contributed by atoms with van der Waals surface area (Å²) in [4.78, 5) is 22.0. The number of benzene rings is 2. The molecule has 0 unspecified atom stereocenters. The largest absolute Gasteiger partial charge is 0.379 e. The zero-order chi connectivity index (χ0) is 22.8. The maximum atomic E-state index is 14.2. The van der Waals surface area contributed by atoms with Crippen molar-refractivity contribution in [3.05, 3.63) is 75.5 Å². The molecule has 4 rings (SSSR count). The van der Waals surface area contributed by atoms with Gasteiger partial charge < -0.3 is 15.2 Å². The SMILES string of the molecule is Cc1[nH]cnc1CNc1cc(Cl)c(N2C[C@@H](Cc3ccccc3F)C[C@@H](C)C2=O)c(Cl)c1. The van der Waals surface area contributed by atoms with E-state index in [4.69, 9.17) is 23.2 Å². The van der Waals surface area contributed by atoms with Gasteiger partial charge >= 0.3 is 0 Å². The number of carbonyl (C=O) groups excluding carboxylic acids is 1. The fourth-order valence-electron chi connectivity index (χ4n) is 4.29. The number of aromatic amines is 1. The number of imidazole rings is 1. The number of hydrogen-bond acceptors (Lipinski definition) is 3. The first-order valence-electron chi connectivity index (χ1n) is 10.6. The summed E-state index contributed by atoms with van der Waals surface area (Å²) in [5.41, 5.74) is 3.79. The van der Waals surface area contributed by atoms with Gasteiger partial charge in [0, 0.05) is 23.8 Å². The highest BCUT2D eigenvalue weighted by molar-refractivity contribution is 6.40. The summed E-state index contributed by atoms with van der Waals surface area (Å²) >= 11 is 13.2. The van der Waals surface area contributed by atoms with E-state index in [1.54, 1.807) is 35.5 Å². The minimum atomic E-state index is -0.220. The topological polar surface area (TPSA) is 61.0 Å². The molecule has 1 aliphatic heterocycles. The maximum Gasteiger partial charge on any atom is 0.229 e. The first-order valence-corrected chi connectivity index (χ1v) is 11.4. The van der Waals surface area contributed by atoms with E-state index in [0.29, 0.717) is 47.2 Å². The lowest BCUT2D eigenvalue weighted by Gasteiger charge is -2.37. The van der Waals surface area contributed by atoms with Crippen LogP contribution in [0.15, 0.2) is 42.7 Å². The molecule has 1 saturated heterocycles. The van der Waals surface area contributed by atoms with Crippen LogP contribution in [-0.4, -0.2) is 22.4 Å². The lowest BCUT2D eigenvalue weighted by molar-refractivity contribution is -0.124. The number of rotatable bonds is 6. The molecule has 2 heterocycles. The van der Waals surface area contributed by atoms with E-state index >= 15 is 0 Å². The number of hydrogen-bond donors (Lipinski definition) is 2. The Morgan fingerprint density at radius 1 is 1.25 bits per heavy atom. The monoisotopic (exact) mass is 474 g/mol. The van der Waals surface area contributed by atoms with Crippen molar-refractivity contribution in [2.75, 3.05) is 16.8 Å². The number of carbonyl (C=O) groups is 1. The van der Waals surface area contributed by atoms with Gasteiger partial charge in [0.1, 0.15) is 5.82 Å². The lowest BCUT2D eigenvalue weighted by atomic mass is 9.85. The van der Waals surface area contributed by atoms with Crippen LogP contribution in [0, 0.1) is 24.6 Å². The molecule has 1 aliphatic rings. The first-order chi connectivity index (χ1) is 15.3. The Morgan fingerprint density at radius 2 is 1.97 bits per heavy atom. The molecule has 1 amide bonds. The van der Waals surface area contributed by atoms with Crippen molar-refractivity contribution < 1.29 is 9.18 Å². The van der Waals surface area contributed by atoms with Gasteiger partial charge in [-0.2, -0.15) is 0 Å². The predicted molar refractivity (Wildman–Crippen MR) is 127 cm³/mol. The van der Waals surface area contributed by atoms with Gasteiger partial charge in [-0.25, -0.2) is 9.37 Å². The number of halogens is 3. The van der Waals surface area contributed by atoms with Crippen LogP contribution < -0.4 is 10.2 Å². The van der Waals surface area contributed by atoms with E-state index < -0.39 is 0 Å². The van der Waals surface area contributed by atoms with Crippen molar-refractivity contribution in [3.63, 3.8) is 0 Å². The van der Waals surface area contributed by atoms with Crippen LogP contribution in [0.2, 0.25) is 10.0 Å². The van der Waals surface area contributed by atoms with E-state index in [9.17, 15) is 9.18 Å². The van der Waals surface area contributed by atoms with Gasteiger partial charge in [-0.05, 0) is 49.4 Å². The number of anilines is 2. The molecule has 2 atom stereocenters. The van der Waals surface area contributed by atoms with Crippen LogP contribution in [0.4, 0.5) is 15.8 Å². The number of aryl methyl sites for hydroxylation is 1. The van der Waals surface area contributed by atoms with Crippen LogP contribution in [0.1, 0.15) is 30.3 Å². The minimum absolute atomic E-state index is 0.0218. The van der Waals surface area contributed by atoms with E-state index in [-0.39, 0.29) is 23.6 Å². The molecular formula is C24H25Cl2FN4O. The normalized spacial score (nSPS) is 18.8. The van der Waals surface area contributed by atoms with Gasteiger partial charge in [0.05, 0.1) is 34.3 Å². The summed E-state index contributed by atoms with van der Waals surface area (Å²) in [5, 5.41) is 4.06. The average molecular weight is 475 g/mol. The Kier molecular flexibility index (Phi) is 6.72. The Hall–Kier alpha value is -2.57. The molecule has 1 fully saturated rings. The molecule has 1 aromatic heterocycles. The Balaban J connectivity index is 1.54. The van der Waals surface area contributed by atoms with Crippen molar-refractivity contribution in [2.24, 2.45) is 11.8 Å². The van der Waals surface area contributed by atoms with Gasteiger partial charge in [0.15, 0.2) is 0 Å². The van der Waals surface area contributed by atoms with Crippen LogP contribution >= 0.6 is 23.2 Å². The molecule has 0 aliphatic carbocycles. The highest BCUT2D eigenvalue weighted by Gasteiger charge is 2.34. The van der Waals surface area contributed by atoms with E-state index in [2.05, 4.69) is 15.3 Å². The smallest absolute Gasteiger partial charge is 0.229 e. The van der Waals surface area contributed by atoms with Crippen molar-refractivity contribution in [1.82, 2.24) is 9.97 Å². The third-order valence-corrected chi connectivity index (χ3v) is 6.54. The van der Waals surface area contributed by atoms with E-state index in [1.807, 2.05) is 19.9 Å². The predicted octanol–water partition coefficient (Wildman–Crippen LogP) is 6.01. The number of H-pyrrole nitrogens is 1. The molecule has 0 spiro atoms. The van der Waals surface area contributed by atoms with E-state index in [1.165, 1.54) is 6.07 Å². The Labute approximate surface area is 196 Å². The molecule has 168 valence electrons. The van der Waals surface area contributed by atoms with Crippen molar-refractivity contribution in [3.8, 4) is 0 Å². The van der Waals surface area contributed by atoms with Gasteiger partial charge in [-0.1, -0.05) is 48.3 Å². The summed E-state index contributed by atoms with van der Waals surface area (Å²) in [6.07, 6.45) is 2.90. The number of nitrogens with one attached hydrogen (secondary N) is 2. The summed E-state index contributed by atoms with van der Waals surface area (Å²) in [6, 6.07) is 10.3. The summed E-state index contributed by atoms with van der Waals surface area (Å²) in [6.45, 7) is 4.81. The van der Waals surface area contributed by atoms with Crippen LogP contribution in [0.3, 0.4) is 0 Å². The maximum absolute atomic E-state index is 14.2. The lowest BCUT2D eigenvalue weighted by Crippen LogP contribution is -2.45. The highest BCUT2D eigenvalue weighted by Crippen LogP contribution is 2.40. The Bertz CT molecular complexity index is 1110. The van der Waals surface area contributed by atoms with Crippen LogP contribution in [-0.2, 0) is 17.8 Å². The summed E-state index contributed by atoms with van der Waals surface area (Å²) in [5.74, 6) is -0.339. The zero-order valence-corrected chi connectivity index (χ0v) is 19.5. The molecule has 32 heavy (non-hydrogen) atoms. The number of aromatic nitrogens is 2. The second kappa shape index (κ2) is 9.51. The highest BCUT2D eigenvalue weighted by atomic mass is 35.5. The second-order valence-electron chi connectivity index (χ2n) is 8.36. The van der Waals surface area contributed by atoms with Crippen LogP contribution in [0.25, 0.3) is 0 Å². The molecular weight excluding hydrogens is 450 g/mol. The second-order valence-corrected chi connectivity index (χ2v) is 9.18. The average Bonchev–Trinajstić information content (AvgIpc) is 3.16. The zero-order valence-electron chi connectivity index (χ0n) is 18.0. The molecule has 8 heteroatoms. The quantitative estimate of drug-likeness (QED) is 0.459.